The molecule has 1 aliphatic rings. The molecule has 1 fully saturated rings. The Labute approximate surface area is 218 Å². The lowest BCUT2D eigenvalue weighted by atomic mass is 9.79. The van der Waals surface area contributed by atoms with Crippen LogP contribution in [0.15, 0.2) is 71.8 Å². The van der Waals surface area contributed by atoms with Crippen LogP contribution in [0.25, 0.3) is 0 Å². The van der Waals surface area contributed by atoms with Crippen LogP contribution in [0.2, 0.25) is 11.4 Å². The minimum Gasteiger partial charge on any atom is -0.466 e. The SMILES string of the molecule is COC(=O)/C(CB1OC(C)(C)C(C)(C)O1)=C(/C)CO[Si](c1ccccc1)(c1ccccc1)C(C)(C)C. The fraction of sp³-hybridized carbons (Fsp3) is 0.483. The Morgan fingerprint density at radius 2 is 1.33 bits per heavy atom. The van der Waals surface area contributed by atoms with Crippen molar-refractivity contribution >= 4 is 31.8 Å². The summed E-state index contributed by atoms with van der Waals surface area (Å²) in [7, 11) is -1.87. The first-order valence-electron chi connectivity index (χ1n) is 12.6. The number of esters is 1. The normalized spacial score (nSPS) is 18.1. The summed E-state index contributed by atoms with van der Waals surface area (Å²) in [6.45, 7) is 17.0. The van der Waals surface area contributed by atoms with E-state index in [9.17, 15) is 4.79 Å². The van der Waals surface area contributed by atoms with Gasteiger partial charge in [0.2, 0.25) is 0 Å². The van der Waals surface area contributed by atoms with Crippen LogP contribution < -0.4 is 10.4 Å². The average molecular weight is 509 g/mol. The number of carbonyl (C=O) groups is 1. The highest BCUT2D eigenvalue weighted by molar-refractivity contribution is 6.99. The number of rotatable bonds is 8. The van der Waals surface area contributed by atoms with Crippen molar-refractivity contribution in [2.75, 3.05) is 13.7 Å². The number of ether oxygens (including phenoxy) is 1. The molecule has 36 heavy (non-hydrogen) atoms. The van der Waals surface area contributed by atoms with E-state index in [1.54, 1.807) is 0 Å². The highest BCUT2D eigenvalue weighted by atomic mass is 28.4. The molecule has 194 valence electrons. The lowest BCUT2D eigenvalue weighted by molar-refractivity contribution is -0.136. The molecule has 5 nitrogen and oxygen atoms in total. The second-order valence-electron chi connectivity index (χ2n) is 11.6. The van der Waals surface area contributed by atoms with Crippen LogP contribution >= 0.6 is 0 Å². The van der Waals surface area contributed by atoms with Crippen molar-refractivity contribution in [2.24, 2.45) is 0 Å². The van der Waals surface area contributed by atoms with Crippen LogP contribution in [-0.2, 0) is 23.3 Å². The Bertz CT molecular complexity index is 1020. The van der Waals surface area contributed by atoms with Gasteiger partial charge in [0.15, 0.2) is 0 Å². The minimum atomic E-state index is -2.74. The molecule has 0 atom stereocenters. The molecular formula is C29H41BO5Si. The van der Waals surface area contributed by atoms with Crippen molar-refractivity contribution in [3.8, 4) is 0 Å². The molecule has 0 saturated carbocycles. The number of methoxy groups -OCH3 is 1. The first-order chi connectivity index (χ1) is 16.7. The van der Waals surface area contributed by atoms with Gasteiger partial charge in [-0.15, -0.1) is 0 Å². The summed E-state index contributed by atoms with van der Waals surface area (Å²) in [6.07, 6.45) is 0.301. The lowest BCUT2D eigenvalue weighted by Gasteiger charge is -2.43. The molecule has 0 radical (unpaired) electrons. The van der Waals surface area contributed by atoms with E-state index in [-0.39, 0.29) is 11.0 Å². The lowest BCUT2D eigenvalue weighted by Crippen LogP contribution is -2.66. The predicted molar refractivity (Wildman–Crippen MR) is 149 cm³/mol. The van der Waals surface area contributed by atoms with Crippen LogP contribution in [0.1, 0.15) is 55.4 Å². The van der Waals surface area contributed by atoms with Crippen molar-refractivity contribution < 1.29 is 23.3 Å². The molecule has 3 rings (SSSR count). The largest absolute Gasteiger partial charge is 0.466 e. The summed E-state index contributed by atoms with van der Waals surface area (Å²) < 4.78 is 24.6. The van der Waals surface area contributed by atoms with E-state index < -0.39 is 26.6 Å². The summed E-state index contributed by atoms with van der Waals surface area (Å²) in [6, 6.07) is 21.0. The van der Waals surface area contributed by atoms with Crippen LogP contribution in [0, 0.1) is 0 Å². The molecule has 0 aliphatic carbocycles. The van der Waals surface area contributed by atoms with Crippen molar-refractivity contribution in [2.45, 2.75) is 78.0 Å². The van der Waals surface area contributed by atoms with E-state index in [4.69, 9.17) is 18.5 Å². The van der Waals surface area contributed by atoms with E-state index in [1.165, 1.54) is 17.5 Å². The van der Waals surface area contributed by atoms with Crippen molar-refractivity contribution in [3.05, 3.63) is 71.8 Å². The number of hydrogen-bond acceptors (Lipinski definition) is 5. The summed E-state index contributed by atoms with van der Waals surface area (Å²) in [5.74, 6) is -0.381. The zero-order valence-corrected chi connectivity index (χ0v) is 24.3. The van der Waals surface area contributed by atoms with Gasteiger partial charge < -0.3 is 18.5 Å². The van der Waals surface area contributed by atoms with Crippen molar-refractivity contribution in [3.63, 3.8) is 0 Å². The van der Waals surface area contributed by atoms with Crippen molar-refractivity contribution in [1.82, 2.24) is 0 Å². The topological polar surface area (TPSA) is 54.0 Å². The fourth-order valence-electron chi connectivity index (χ4n) is 4.84. The van der Waals surface area contributed by atoms with Crippen LogP contribution in [0.3, 0.4) is 0 Å². The van der Waals surface area contributed by atoms with Gasteiger partial charge in [-0.2, -0.15) is 0 Å². The van der Waals surface area contributed by atoms with E-state index in [2.05, 4.69) is 69.3 Å². The smallest absolute Gasteiger partial charge is 0.462 e. The molecular weight excluding hydrogens is 467 g/mol. The average Bonchev–Trinajstić information content (AvgIpc) is 3.03. The van der Waals surface area contributed by atoms with Gasteiger partial charge in [-0.3, -0.25) is 0 Å². The zero-order chi connectivity index (χ0) is 26.8. The number of carbonyl (C=O) groups excluding carboxylic acids is 1. The van der Waals surface area contributed by atoms with Gasteiger partial charge in [-0.1, -0.05) is 81.4 Å². The van der Waals surface area contributed by atoms with Crippen LogP contribution in [-0.4, -0.2) is 46.3 Å². The predicted octanol–water partition coefficient (Wildman–Crippen LogP) is 5.14. The maximum Gasteiger partial charge on any atom is 0.462 e. The van der Waals surface area contributed by atoms with Gasteiger partial charge in [0.1, 0.15) is 0 Å². The zero-order valence-electron chi connectivity index (χ0n) is 23.3. The van der Waals surface area contributed by atoms with E-state index in [0.717, 1.165) is 5.57 Å². The minimum absolute atomic E-state index is 0.160. The molecule has 1 heterocycles. The summed E-state index contributed by atoms with van der Waals surface area (Å²) in [4.78, 5) is 12.9. The van der Waals surface area contributed by atoms with E-state index >= 15 is 0 Å². The fourth-order valence-corrected chi connectivity index (χ4v) is 9.42. The Morgan fingerprint density at radius 3 is 1.72 bits per heavy atom. The maximum absolute atomic E-state index is 12.9. The number of benzene rings is 2. The Hall–Kier alpha value is -2.19. The van der Waals surface area contributed by atoms with E-state index in [0.29, 0.717) is 18.5 Å². The molecule has 1 saturated heterocycles. The second kappa shape index (κ2) is 10.7. The quantitative estimate of drug-likeness (QED) is 0.281. The van der Waals surface area contributed by atoms with Crippen LogP contribution in [0.5, 0.6) is 0 Å². The molecule has 0 bridgehead atoms. The maximum atomic E-state index is 12.9. The highest BCUT2D eigenvalue weighted by Gasteiger charge is 2.52. The monoisotopic (exact) mass is 508 g/mol. The van der Waals surface area contributed by atoms with Crippen molar-refractivity contribution in [1.29, 1.82) is 0 Å². The molecule has 0 unspecified atom stereocenters. The van der Waals surface area contributed by atoms with Gasteiger partial charge >= 0.3 is 13.1 Å². The molecule has 2 aromatic carbocycles. The third-order valence-electron chi connectivity index (χ3n) is 7.54. The van der Waals surface area contributed by atoms with Crippen LogP contribution in [0.4, 0.5) is 0 Å². The molecule has 2 aromatic rings. The Morgan fingerprint density at radius 1 is 0.889 bits per heavy atom. The second-order valence-corrected chi connectivity index (χ2v) is 15.9. The molecule has 0 aromatic heterocycles. The van der Waals surface area contributed by atoms with E-state index in [1.807, 2.05) is 46.8 Å². The molecule has 0 N–H and O–H groups in total. The first kappa shape index (κ1) is 28.4. The first-order valence-corrected chi connectivity index (χ1v) is 14.5. The van der Waals surface area contributed by atoms with Gasteiger partial charge in [0.05, 0.1) is 24.9 Å². The summed E-state index contributed by atoms with van der Waals surface area (Å²) in [5, 5.41) is 2.23. The molecule has 0 spiro atoms. The van der Waals surface area contributed by atoms with Gasteiger partial charge in [0.25, 0.3) is 8.32 Å². The Balaban J connectivity index is 2.01. The molecule has 1 aliphatic heterocycles. The Kier molecular flexibility index (Phi) is 8.40. The number of hydrogen-bond donors (Lipinski definition) is 0. The molecule has 0 amide bonds. The van der Waals surface area contributed by atoms with Gasteiger partial charge in [-0.25, -0.2) is 4.79 Å². The third-order valence-corrected chi connectivity index (χ3v) is 12.5. The van der Waals surface area contributed by atoms with Gasteiger partial charge in [-0.05, 0) is 55.6 Å². The third kappa shape index (κ3) is 5.54. The molecule has 7 heteroatoms. The highest BCUT2D eigenvalue weighted by Crippen LogP contribution is 2.40. The summed E-state index contributed by atoms with van der Waals surface area (Å²) in [5.41, 5.74) is 0.412. The van der Waals surface area contributed by atoms with Gasteiger partial charge in [0, 0.05) is 11.9 Å². The summed E-state index contributed by atoms with van der Waals surface area (Å²) >= 11 is 0. The standard InChI is InChI=1S/C29H41BO5Si/c1-22(25(26(31)32-9)20-30-34-28(5,6)29(7,8)35-30)21-33-36(27(2,3)4,23-16-12-10-13-17-23)24-18-14-11-15-19-24/h10-19H,20-21H2,1-9H3/b25-22-.